The summed E-state index contributed by atoms with van der Waals surface area (Å²) in [5.74, 6) is 0.193. The highest BCUT2D eigenvalue weighted by Crippen LogP contribution is 2.21. The lowest BCUT2D eigenvalue weighted by Gasteiger charge is -2.32. The Kier molecular flexibility index (Phi) is 12.9. The molecule has 4 rings (SSSR count). The number of hydrogen-bond donors (Lipinski definition) is 2. The van der Waals surface area contributed by atoms with Crippen LogP contribution in [0.4, 0.5) is 0 Å². The molecule has 4 aromatic rings. The van der Waals surface area contributed by atoms with Crippen molar-refractivity contribution >= 4 is 51.2 Å². The van der Waals surface area contributed by atoms with E-state index in [1.54, 1.807) is 11.8 Å². The number of hydrogen-bond acceptors (Lipinski definition) is 6. The van der Waals surface area contributed by atoms with Crippen LogP contribution in [0.25, 0.3) is 21.7 Å². The molecule has 45 heavy (non-hydrogen) atoms. The van der Waals surface area contributed by atoms with Gasteiger partial charge >= 0.3 is 5.97 Å². The number of nitrogens with one attached hydrogen (secondary N) is 2. The molecule has 0 aliphatic carbocycles. The number of fused-ring (bicyclic) bond motifs is 2. The summed E-state index contributed by atoms with van der Waals surface area (Å²) in [6.45, 7) is 5.91. The second kappa shape index (κ2) is 17.0. The van der Waals surface area contributed by atoms with Gasteiger partial charge < -0.3 is 19.9 Å². The number of amides is 2. The Morgan fingerprint density at radius 3 is 2.42 bits per heavy atom. The zero-order valence-corrected chi connectivity index (χ0v) is 27.6. The fourth-order valence-electron chi connectivity index (χ4n) is 5.69. The van der Waals surface area contributed by atoms with Crippen LogP contribution >= 0.6 is 11.8 Å². The molecule has 0 aliphatic heterocycles. The van der Waals surface area contributed by atoms with E-state index in [1.807, 2.05) is 42.8 Å². The summed E-state index contributed by atoms with van der Waals surface area (Å²) >= 11 is 1.61. The molecule has 240 valence electrons. The molecule has 3 unspecified atom stereocenters. The monoisotopic (exact) mass is 630 g/mol. The Hall–Kier alpha value is -3.82. The fraction of sp³-hybridized carbons (Fsp3) is 0.417. The van der Waals surface area contributed by atoms with Gasteiger partial charge in [-0.05, 0) is 58.2 Å². The van der Waals surface area contributed by atoms with Crippen LogP contribution in [0.2, 0.25) is 0 Å². The number of methoxy groups -OCH3 is 1. The van der Waals surface area contributed by atoms with Gasteiger partial charge in [0.25, 0.3) is 0 Å². The molecular formula is C36H46N4O4S. The first-order chi connectivity index (χ1) is 21.8. The predicted octanol–water partition coefficient (Wildman–Crippen LogP) is 5.63. The number of para-hydroxylation sites is 1. The van der Waals surface area contributed by atoms with Gasteiger partial charge in [-0.1, -0.05) is 80.9 Å². The van der Waals surface area contributed by atoms with Gasteiger partial charge in [-0.15, -0.1) is 0 Å². The van der Waals surface area contributed by atoms with Crippen molar-refractivity contribution < 1.29 is 19.1 Å². The number of rotatable bonds is 17. The zero-order valence-electron chi connectivity index (χ0n) is 26.8. The maximum atomic E-state index is 13.4. The molecule has 3 atom stereocenters. The van der Waals surface area contributed by atoms with Gasteiger partial charge in [0.15, 0.2) is 0 Å². The predicted molar refractivity (Wildman–Crippen MR) is 184 cm³/mol. The molecule has 0 saturated heterocycles. The smallest absolute Gasteiger partial charge is 0.328 e. The Bertz CT molecular complexity index is 1570. The Morgan fingerprint density at radius 1 is 0.933 bits per heavy atom. The minimum absolute atomic E-state index is 0.0181. The third-order valence-corrected chi connectivity index (χ3v) is 9.11. The van der Waals surface area contributed by atoms with E-state index in [0.717, 1.165) is 39.4 Å². The van der Waals surface area contributed by atoms with Crippen LogP contribution in [0.15, 0.2) is 79.0 Å². The molecule has 2 amide bonds. The van der Waals surface area contributed by atoms with E-state index in [4.69, 9.17) is 4.74 Å². The lowest BCUT2D eigenvalue weighted by molar-refractivity contribution is -0.145. The molecule has 0 aliphatic rings. The molecule has 0 radical (unpaired) electrons. The summed E-state index contributed by atoms with van der Waals surface area (Å²) in [5.41, 5.74) is 2.21. The summed E-state index contributed by atoms with van der Waals surface area (Å²) < 4.78 is 7.07. The number of aryl methyl sites for hydroxylation is 1. The summed E-state index contributed by atoms with van der Waals surface area (Å²) in [6, 6.07) is 23.8. The van der Waals surface area contributed by atoms with Crippen molar-refractivity contribution in [2.45, 2.75) is 58.3 Å². The van der Waals surface area contributed by atoms with Crippen molar-refractivity contribution in [3.05, 3.63) is 84.6 Å². The van der Waals surface area contributed by atoms with Gasteiger partial charge in [0.05, 0.1) is 13.7 Å². The van der Waals surface area contributed by atoms with Gasteiger partial charge in [-0.2, -0.15) is 11.8 Å². The summed E-state index contributed by atoms with van der Waals surface area (Å²) in [7, 11) is 1.34. The zero-order chi connectivity index (χ0) is 32.2. The highest BCUT2D eigenvalue weighted by Gasteiger charge is 2.26. The van der Waals surface area contributed by atoms with E-state index in [9.17, 15) is 14.4 Å². The molecule has 0 spiro atoms. The van der Waals surface area contributed by atoms with Gasteiger partial charge in [0.1, 0.15) is 6.04 Å². The average molecular weight is 631 g/mol. The van der Waals surface area contributed by atoms with E-state index in [1.165, 1.54) is 7.11 Å². The maximum absolute atomic E-state index is 13.4. The van der Waals surface area contributed by atoms with Gasteiger partial charge in [-0.25, -0.2) is 4.79 Å². The van der Waals surface area contributed by atoms with Crippen LogP contribution < -0.4 is 10.6 Å². The molecule has 2 N–H and O–H groups in total. The van der Waals surface area contributed by atoms with Crippen LogP contribution in [0.1, 0.15) is 38.7 Å². The van der Waals surface area contributed by atoms with Crippen molar-refractivity contribution in [2.24, 2.45) is 5.92 Å². The molecular weight excluding hydrogens is 584 g/mol. The Balaban J connectivity index is 1.51. The Morgan fingerprint density at radius 2 is 1.67 bits per heavy atom. The number of benzene rings is 3. The first kappa shape index (κ1) is 34.1. The first-order valence-corrected chi connectivity index (χ1v) is 17.1. The largest absolute Gasteiger partial charge is 0.467 e. The first-order valence-electron chi connectivity index (χ1n) is 15.7. The SMILES string of the molecule is CCC(C)C(CN(CC(=O)NC(CCSC)C(=O)OC)Cc1cccc2ccccc12)NC(=O)CCn1ccc2ccccc21. The normalized spacial score (nSPS) is 13.4. The van der Waals surface area contributed by atoms with Gasteiger partial charge in [0, 0.05) is 43.8 Å². The van der Waals surface area contributed by atoms with Crippen LogP contribution in [0.3, 0.4) is 0 Å². The highest BCUT2D eigenvalue weighted by atomic mass is 32.2. The Labute approximate surface area is 270 Å². The van der Waals surface area contributed by atoms with E-state index < -0.39 is 12.0 Å². The summed E-state index contributed by atoms with van der Waals surface area (Å²) in [6.07, 6.45) is 5.71. The number of ether oxygens (including phenoxy) is 1. The second-order valence-electron chi connectivity index (χ2n) is 11.6. The molecule has 0 saturated carbocycles. The molecule has 8 nitrogen and oxygen atoms in total. The van der Waals surface area contributed by atoms with Crippen molar-refractivity contribution in [3.63, 3.8) is 0 Å². The van der Waals surface area contributed by atoms with Crippen LogP contribution in [-0.4, -0.2) is 71.5 Å². The third kappa shape index (κ3) is 9.58. The maximum Gasteiger partial charge on any atom is 0.328 e. The van der Waals surface area contributed by atoms with Crippen molar-refractivity contribution in [1.29, 1.82) is 0 Å². The van der Waals surface area contributed by atoms with Crippen LogP contribution in [0, 0.1) is 5.92 Å². The fourth-order valence-corrected chi connectivity index (χ4v) is 6.16. The average Bonchev–Trinajstić information content (AvgIpc) is 3.47. The van der Waals surface area contributed by atoms with Gasteiger partial charge in [-0.3, -0.25) is 14.5 Å². The molecule has 9 heteroatoms. The topological polar surface area (TPSA) is 92.7 Å². The highest BCUT2D eigenvalue weighted by molar-refractivity contribution is 7.98. The third-order valence-electron chi connectivity index (χ3n) is 8.46. The molecule has 0 bridgehead atoms. The molecule has 0 fully saturated rings. The van der Waals surface area contributed by atoms with Crippen LogP contribution in [-0.2, 0) is 32.2 Å². The van der Waals surface area contributed by atoms with E-state index in [-0.39, 0.29) is 30.3 Å². The number of esters is 1. The standard InChI is InChI=1S/C36H46N4O4S/c1-5-26(2)32(38-34(41)18-21-40-20-17-28-12-7-9-16-33(28)40)24-39(23-29-14-10-13-27-11-6-8-15-30(27)29)25-35(42)37-31(19-22-45-4)36(43)44-3/h6-17,20,26,31-32H,5,18-19,21-25H2,1-4H3,(H,37,42)(H,38,41). The lowest BCUT2D eigenvalue weighted by Crippen LogP contribution is -2.51. The van der Waals surface area contributed by atoms with Gasteiger partial charge in [0.2, 0.25) is 11.8 Å². The number of aromatic nitrogens is 1. The number of nitrogens with zero attached hydrogens (tertiary/aromatic N) is 2. The molecule has 1 aromatic heterocycles. The lowest BCUT2D eigenvalue weighted by atomic mass is 9.97. The van der Waals surface area contributed by atoms with Crippen molar-refractivity contribution in [3.8, 4) is 0 Å². The van der Waals surface area contributed by atoms with E-state index in [2.05, 4.69) is 76.4 Å². The number of thioether (sulfide) groups is 1. The summed E-state index contributed by atoms with van der Waals surface area (Å²) in [5, 5.41) is 9.61. The number of carbonyl (C=O) groups is 3. The van der Waals surface area contributed by atoms with E-state index in [0.29, 0.717) is 32.5 Å². The molecule has 3 aromatic carbocycles. The van der Waals surface area contributed by atoms with Crippen molar-refractivity contribution in [1.82, 2.24) is 20.1 Å². The summed E-state index contributed by atoms with van der Waals surface area (Å²) in [4.78, 5) is 41.2. The minimum atomic E-state index is -0.704. The second-order valence-corrected chi connectivity index (χ2v) is 12.6. The van der Waals surface area contributed by atoms with Crippen molar-refractivity contribution in [2.75, 3.05) is 32.2 Å². The van der Waals surface area contributed by atoms with E-state index >= 15 is 0 Å². The minimum Gasteiger partial charge on any atom is -0.467 e. The molecule has 1 heterocycles. The number of carbonyl (C=O) groups excluding carboxylic acids is 3. The van der Waals surface area contributed by atoms with Crippen LogP contribution in [0.5, 0.6) is 0 Å². The quantitative estimate of drug-likeness (QED) is 0.147.